The molecule has 0 aliphatic heterocycles. The summed E-state index contributed by atoms with van der Waals surface area (Å²) in [7, 11) is 0. The van der Waals surface area contributed by atoms with Crippen LogP contribution in [0.15, 0.2) is 65.4 Å². The summed E-state index contributed by atoms with van der Waals surface area (Å²) in [6, 6.07) is 17.5. The third kappa shape index (κ3) is 3.31. The number of nitrogens with one attached hydrogen (secondary N) is 2. The van der Waals surface area contributed by atoms with E-state index in [9.17, 15) is 4.79 Å². The van der Waals surface area contributed by atoms with Gasteiger partial charge in [0.15, 0.2) is 0 Å². The van der Waals surface area contributed by atoms with Gasteiger partial charge in [0.05, 0.1) is 0 Å². The molecule has 4 rings (SSSR count). The van der Waals surface area contributed by atoms with E-state index in [0.29, 0.717) is 18.1 Å². The minimum absolute atomic E-state index is 0.0597. The van der Waals surface area contributed by atoms with Crippen LogP contribution in [0.2, 0.25) is 0 Å². The second kappa shape index (κ2) is 7.00. The molecule has 2 amide bonds. The van der Waals surface area contributed by atoms with Crippen molar-refractivity contribution in [3.8, 4) is 11.5 Å². The summed E-state index contributed by atoms with van der Waals surface area (Å²) in [5, 5.41) is 13.5. The molecule has 1 saturated carbocycles. The van der Waals surface area contributed by atoms with Crippen LogP contribution >= 0.6 is 0 Å². The van der Waals surface area contributed by atoms with Gasteiger partial charge in [0, 0.05) is 23.2 Å². The molecule has 0 radical (unpaired) electrons. The van der Waals surface area contributed by atoms with Gasteiger partial charge in [0.25, 0.3) is 0 Å². The van der Waals surface area contributed by atoms with Crippen molar-refractivity contribution in [1.29, 1.82) is 0 Å². The first-order valence-electron chi connectivity index (χ1n) is 8.72. The van der Waals surface area contributed by atoms with Gasteiger partial charge in [-0.25, -0.2) is 4.79 Å². The number of amides is 2. The normalized spacial score (nSPS) is 15.1. The summed E-state index contributed by atoms with van der Waals surface area (Å²) in [5.41, 5.74) is 2.80. The van der Waals surface area contributed by atoms with Crippen LogP contribution in [0.4, 0.5) is 10.5 Å². The van der Waals surface area contributed by atoms with E-state index in [4.69, 9.17) is 4.42 Å². The lowest BCUT2D eigenvalue weighted by Crippen LogP contribution is -2.46. The Morgan fingerprint density at radius 2 is 1.96 bits per heavy atom. The van der Waals surface area contributed by atoms with Crippen LogP contribution in [0.5, 0.6) is 0 Å². The molecule has 2 N–H and O–H groups in total. The number of nitrogens with zero attached hydrogens (tertiary/aromatic N) is 2. The zero-order valence-electron chi connectivity index (χ0n) is 14.3. The zero-order valence-corrected chi connectivity index (χ0v) is 14.3. The van der Waals surface area contributed by atoms with Crippen LogP contribution in [0.1, 0.15) is 24.8 Å². The first-order chi connectivity index (χ1) is 12.8. The fraction of sp³-hybridized carbons (Fsp3) is 0.250. The Bertz CT molecular complexity index is 874. The van der Waals surface area contributed by atoms with E-state index in [2.05, 4.69) is 45.1 Å². The fourth-order valence-electron chi connectivity index (χ4n) is 3.42. The summed E-state index contributed by atoms with van der Waals surface area (Å²) in [6.07, 6.45) is 4.68. The van der Waals surface area contributed by atoms with Crippen LogP contribution in [0.3, 0.4) is 0 Å². The lowest BCUT2D eigenvalue weighted by atomic mass is 9.64. The minimum Gasteiger partial charge on any atom is -0.423 e. The Balaban J connectivity index is 1.39. The number of rotatable bonds is 5. The number of carbonyl (C=O) groups is 1. The van der Waals surface area contributed by atoms with E-state index >= 15 is 0 Å². The summed E-state index contributed by atoms with van der Waals surface area (Å²) < 4.78 is 5.19. The Kier molecular flexibility index (Phi) is 4.39. The predicted octanol–water partition coefficient (Wildman–Crippen LogP) is 3.98. The number of benzene rings is 2. The second-order valence-corrected chi connectivity index (χ2v) is 6.63. The van der Waals surface area contributed by atoms with Gasteiger partial charge in [-0.2, -0.15) is 0 Å². The van der Waals surface area contributed by atoms with Gasteiger partial charge in [0.2, 0.25) is 12.3 Å². The number of hydrogen-bond acceptors (Lipinski definition) is 4. The molecule has 26 heavy (non-hydrogen) atoms. The van der Waals surface area contributed by atoms with Gasteiger partial charge in [0.1, 0.15) is 0 Å². The molecule has 0 atom stereocenters. The van der Waals surface area contributed by atoms with Gasteiger partial charge < -0.3 is 15.1 Å². The third-order valence-electron chi connectivity index (χ3n) is 5.01. The van der Waals surface area contributed by atoms with E-state index in [0.717, 1.165) is 18.4 Å². The number of hydrogen-bond donors (Lipinski definition) is 2. The molecule has 1 aromatic heterocycles. The molecule has 1 aliphatic carbocycles. The maximum absolute atomic E-state index is 12.4. The highest BCUT2D eigenvalue weighted by Crippen LogP contribution is 2.43. The number of anilines is 1. The van der Waals surface area contributed by atoms with Crippen molar-refractivity contribution in [2.75, 3.05) is 11.9 Å². The molecule has 1 heterocycles. The number of carbonyl (C=O) groups excluding carboxylic acids is 1. The smallest absolute Gasteiger partial charge is 0.319 e. The van der Waals surface area contributed by atoms with Crippen LogP contribution < -0.4 is 10.6 Å². The maximum atomic E-state index is 12.4. The highest BCUT2D eigenvalue weighted by atomic mass is 16.4. The Morgan fingerprint density at radius 1 is 1.12 bits per heavy atom. The monoisotopic (exact) mass is 348 g/mol. The van der Waals surface area contributed by atoms with Gasteiger partial charge in [-0.3, -0.25) is 0 Å². The van der Waals surface area contributed by atoms with E-state index in [-0.39, 0.29) is 11.4 Å². The molecule has 2 aromatic carbocycles. The van der Waals surface area contributed by atoms with Crippen molar-refractivity contribution >= 4 is 11.7 Å². The highest BCUT2D eigenvalue weighted by Gasteiger charge is 2.38. The number of aromatic nitrogens is 2. The summed E-state index contributed by atoms with van der Waals surface area (Å²) in [5.74, 6) is 0.423. The molecule has 6 heteroatoms. The summed E-state index contributed by atoms with van der Waals surface area (Å²) in [6.45, 7) is 0.631. The standard InChI is InChI=1S/C20H20N4O2/c25-19(21-13-20(10-5-11-20)16-7-2-1-3-8-16)23-17-9-4-6-15(12-17)18-24-22-14-26-18/h1-4,6-9,12,14H,5,10-11,13H2,(H2,21,23,25). The average Bonchev–Trinajstić information content (AvgIpc) is 3.17. The SMILES string of the molecule is O=C(NCC1(c2ccccc2)CCC1)Nc1cccc(-c2nnco2)c1. The minimum atomic E-state index is -0.213. The van der Waals surface area contributed by atoms with E-state index < -0.39 is 0 Å². The topological polar surface area (TPSA) is 80.0 Å². The van der Waals surface area contributed by atoms with Gasteiger partial charge in [-0.05, 0) is 36.6 Å². The zero-order chi connectivity index (χ0) is 17.8. The Hall–Kier alpha value is -3.15. The summed E-state index contributed by atoms with van der Waals surface area (Å²) in [4.78, 5) is 12.4. The highest BCUT2D eigenvalue weighted by molar-refractivity contribution is 5.90. The van der Waals surface area contributed by atoms with Crippen LogP contribution in [0.25, 0.3) is 11.5 Å². The molecular formula is C20H20N4O2. The van der Waals surface area contributed by atoms with Crippen LogP contribution in [-0.2, 0) is 5.41 Å². The molecule has 3 aromatic rings. The molecule has 0 saturated heterocycles. The first kappa shape index (κ1) is 16.3. The van der Waals surface area contributed by atoms with E-state index in [1.54, 1.807) is 0 Å². The second-order valence-electron chi connectivity index (χ2n) is 6.63. The molecule has 132 valence electrons. The molecular weight excluding hydrogens is 328 g/mol. The largest absolute Gasteiger partial charge is 0.423 e. The molecule has 0 bridgehead atoms. The fourth-order valence-corrected chi connectivity index (χ4v) is 3.42. The number of urea groups is 1. The third-order valence-corrected chi connectivity index (χ3v) is 5.01. The van der Waals surface area contributed by atoms with Crippen molar-refractivity contribution in [3.63, 3.8) is 0 Å². The van der Waals surface area contributed by atoms with Crippen molar-refractivity contribution in [2.24, 2.45) is 0 Å². The van der Waals surface area contributed by atoms with Gasteiger partial charge >= 0.3 is 6.03 Å². The molecule has 1 aliphatic rings. The van der Waals surface area contributed by atoms with Crippen LogP contribution in [-0.4, -0.2) is 22.8 Å². The van der Waals surface area contributed by atoms with Crippen molar-refractivity contribution in [1.82, 2.24) is 15.5 Å². The average molecular weight is 348 g/mol. The molecule has 6 nitrogen and oxygen atoms in total. The first-order valence-corrected chi connectivity index (χ1v) is 8.72. The lowest BCUT2D eigenvalue weighted by Gasteiger charge is -2.42. The molecule has 0 unspecified atom stereocenters. The van der Waals surface area contributed by atoms with Crippen LogP contribution in [0, 0.1) is 0 Å². The van der Waals surface area contributed by atoms with Crippen molar-refractivity contribution in [2.45, 2.75) is 24.7 Å². The lowest BCUT2D eigenvalue weighted by molar-refractivity contribution is 0.222. The summed E-state index contributed by atoms with van der Waals surface area (Å²) >= 11 is 0. The predicted molar refractivity (Wildman–Crippen MR) is 98.7 cm³/mol. The Morgan fingerprint density at radius 3 is 2.65 bits per heavy atom. The molecule has 1 fully saturated rings. The molecule has 0 spiro atoms. The van der Waals surface area contributed by atoms with Crippen molar-refractivity contribution < 1.29 is 9.21 Å². The van der Waals surface area contributed by atoms with E-state index in [1.165, 1.54) is 18.4 Å². The quantitative estimate of drug-likeness (QED) is 0.731. The van der Waals surface area contributed by atoms with Gasteiger partial charge in [-0.1, -0.05) is 42.8 Å². The van der Waals surface area contributed by atoms with E-state index in [1.807, 2.05) is 30.3 Å². The van der Waals surface area contributed by atoms with Crippen molar-refractivity contribution in [3.05, 3.63) is 66.6 Å². The van der Waals surface area contributed by atoms with Gasteiger partial charge in [-0.15, -0.1) is 10.2 Å². The Labute approximate surface area is 151 Å². The maximum Gasteiger partial charge on any atom is 0.319 e.